The molecule has 2 atom stereocenters. The summed E-state index contributed by atoms with van der Waals surface area (Å²) in [5.74, 6) is 0.849. The number of aromatic hydroxyl groups is 1. The van der Waals surface area contributed by atoms with E-state index in [1.807, 2.05) is 0 Å². The molecule has 3 heterocycles. The lowest BCUT2D eigenvalue weighted by atomic mass is 9.92. The van der Waals surface area contributed by atoms with Gasteiger partial charge in [0.05, 0.1) is 16.8 Å². The summed E-state index contributed by atoms with van der Waals surface area (Å²) in [5.41, 5.74) is -1.23. The molecule has 1 N–H and O–H groups in total. The van der Waals surface area contributed by atoms with E-state index in [1.54, 1.807) is 6.07 Å². The summed E-state index contributed by atoms with van der Waals surface area (Å²) in [6.07, 6.45) is -2.32. The van der Waals surface area contributed by atoms with Gasteiger partial charge in [0.2, 0.25) is 0 Å². The number of fused-ring (bicyclic) bond motifs is 1. The zero-order valence-electron chi connectivity index (χ0n) is 15.7. The first kappa shape index (κ1) is 19.0. The summed E-state index contributed by atoms with van der Waals surface area (Å²) >= 11 is 0. The zero-order chi connectivity index (χ0) is 19.9. The van der Waals surface area contributed by atoms with Gasteiger partial charge >= 0.3 is 6.18 Å². The Hall–Kier alpha value is -2.35. The molecule has 2 aliphatic heterocycles. The van der Waals surface area contributed by atoms with Crippen LogP contribution in [0.3, 0.4) is 0 Å². The summed E-state index contributed by atoms with van der Waals surface area (Å²) in [6.45, 7) is 6.13. The van der Waals surface area contributed by atoms with Crippen LogP contribution in [0, 0.1) is 5.92 Å². The van der Waals surface area contributed by atoms with Crippen LogP contribution < -0.4 is 4.90 Å². The molecule has 0 saturated carbocycles. The van der Waals surface area contributed by atoms with Crippen molar-refractivity contribution in [3.05, 3.63) is 35.9 Å². The number of phenols is 1. The van der Waals surface area contributed by atoms with Crippen molar-refractivity contribution < 1.29 is 18.3 Å². The molecule has 1 aromatic carbocycles. The number of nitrogens with zero attached hydrogens (tertiary/aromatic N) is 4. The van der Waals surface area contributed by atoms with Crippen molar-refractivity contribution in [1.82, 2.24) is 15.1 Å². The van der Waals surface area contributed by atoms with Gasteiger partial charge in [0.25, 0.3) is 0 Å². The number of piperidine rings is 1. The second-order valence-electron chi connectivity index (χ2n) is 7.47. The summed E-state index contributed by atoms with van der Waals surface area (Å²) in [6, 6.07) is 6.94. The average molecular weight is 392 g/mol. The highest BCUT2D eigenvalue weighted by molar-refractivity contribution is 5.71. The number of likely N-dealkylation sites (N-methyl/N-ethyl adjacent to an activating group) is 1. The normalized spacial score (nSPS) is 23.1. The van der Waals surface area contributed by atoms with Crippen LogP contribution in [0.15, 0.2) is 30.3 Å². The van der Waals surface area contributed by atoms with E-state index < -0.39 is 17.5 Å². The number of phenolic OH excluding ortho intramolecular Hbond substituents is 1. The maximum Gasteiger partial charge on any atom is 0.417 e. The monoisotopic (exact) mass is 392 g/mol. The molecule has 8 heteroatoms. The Morgan fingerprint density at radius 1 is 1.11 bits per heavy atom. The number of likely N-dealkylation sites (tertiary alicyclic amines) is 1. The van der Waals surface area contributed by atoms with E-state index in [1.165, 1.54) is 18.2 Å². The van der Waals surface area contributed by atoms with Gasteiger partial charge in [0.1, 0.15) is 5.75 Å². The first-order valence-electron chi connectivity index (χ1n) is 9.60. The molecule has 2 aliphatic rings. The van der Waals surface area contributed by atoms with Crippen molar-refractivity contribution in [2.45, 2.75) is 32.0 Å². The smallest absolute Gasteiger partial charge is 0.417 e. The third-order valence-electron chi connectivity index (χ3n) is 5.94. The number of benzene rings is 1. The Balaban J connectivity index is 1.62. The van der Waals surface area contributed by atoms with Crippen molar-refractivity contribution >= 4 is 5.82 Å². The number of halogens is 3. The van der Waals surface area contributed by atoms with E-state index in [-0.39, 0.29) is 11.3 Å². The molecule has 0 amide bonds. The number of hydrogen-bond donors (Lipinski definition) is 1. The van der Waals surface area contributed by atoms with Crippen molar-refractivity contribution in [1.29, 1.82) is 0 Å². The SMILES string of the molecule is CCN1CC[C@@H]2CCN(c3ccc(-c4c(O)cccc4C(F)(F)F)nn3)[C@@H]2C1. The third kappa shape index (κ3) is 3.41. The zero-order valence-corrected chi connectivity index (χ0v) is 15.7. The first-order valence-corrected chi connectivity index (χ1v) is 9.60. The van der Waals surface area contributed by atoms with Gasteiger partial charge in [-0.3, -0.25) is 0 Å². The topological polar surface area (TPSA) is 52.5 Å². The van der Waals surface area contributed by atoms with Gasteiger partial charge < -0.3 is 14.9 Å². The highest BCUT2D eigenvalue weighted by Crippen LogP contribution is 2.41. The average Bonchev–Trinajstić information content (AvgIpc) is 3.10. The van der Waals surface area contributed by atoms with E-state index in [4.69, 9.17) is 0 Å². The Morgan fingerprint density at radius 3 is 2.57 bits per heavy atom. The molecule has 28 heavy (non-hydrogen) atoms. The molecule has 4 rings (SSSR count). The number of rotatable bonds is 3. The Morgan fingerprint density at radius 2 is 1.89 bits per heavy atom. The molecule has 1 aromatic heterocycles. The van der Waals surface area contributed by atoms with Gasteiger partial charge in [-0.2, -0.15) is 13.2 Å². The van der Waals surface area contributed by atoms with Gasteiger partial charge in [0, 0.05) is 19.1 Å². The number of alkyl halides is 3. The van der Waals surface area contributed by atoms with Crippen LogP contribution in [0.25, 0.3) is 11.3 Å². The summed E-state index contributed by atoms with van der Waals surface area (Å²) in [5, 5.41) is 18.3. The molecule has 2 saturated heterocycles. The largest absolute Gasteiger partial charge is 0.507 e. The number of aromatic nitrogens is 2. The molecule has 0 unspecified atom stereocenters. The standard InChI is InChI=1S/C20H23F3N4O/c1-2-26-10-8-13-9-11-27(16(13)12-26)18-7-6-15(24-25-18)19-14(20(21,22)23)4-3-5-17(19)28/h3-7,13,16,28H,2,8-12H2,1H3/t13-,16-/m1/s1. The fraction of sp³-hybridized carbons (Fsp3) is 0.500. The van der Waals surface area contributed by atoms with Crippen molar-refractivity contribution in [3.8, 4) is 17.0 Å². The minimum atomic E-state index is -4.58. The lowest BCUT2D eigenvalue weighted by Crippen LogP contribution is -2.48. The van der Waals surface area contributed by atoms with E-state index in [0.29, 0.717) is 17.8 Å². The van der Waals surface area contributed by atoms with Crippen LogP contribution in [-0.2, 0) is 6.18 Å². The van der Waals surface area contributed by atoms with E-state index >= 15 is 0 Å². The fourth-order valence-corrected chi connectivity index (χ4v) is 4.44. The van der Waals surface area contributed by atoms with Crippen LogP contribution in [0.2, 0.25) is 0 Å². The fourth-order valence-electron chi connectivity index (χ4n) is 4.44. The number of anilines is 1. The predicted molar refractivity (Wildman–Crippen MR) is 100 cm³/mol. The van der Waals surface area contributed by atoms with Crippen molar-refractivity contribution in [2.75, 3.05) is 31.1 Å². The highest BCUT2D eigenvalue weighted by atomic mass is 19.4. The molecule has 5 nitrogen and oxygen atoms in total. The second kappa shape index (κ2) is 7.24. The molecule has 2 fully saturated rings. The van der Waals surface area contributed by atoms with Gasteiger partial charge in [0.15, 0.2) is 5.82 Å². The van der Waals surface area contributed by atoms with Crippen LogP contribution >= 0.6 is 0 Å². The minimum absolute atomic E-state index is 0.0174. The van der Waals surface area contributed by atoms with E-state index in [0.717, 1.165) is 45.1 Å². The van der Waals surface area contributed by atoms with E-state index in [2.05, 4.69) is 26.9 Å². The minimum Gasteiger partial charge on any atom is -0.507 e. The van der Waals surface area contributed by atoms with Crippen LogP contribution in [0.1, 0.15) is 25.3 Å². The van der Waals surface area contributed by atoms with Crippen LogP contribution in [-0.4, -0.2) is 52.4 Å². The maximum atomic E-state index is 13.3. The Labute approximate surface area is 161 Å². The summed E-state index contributed by atoms with van der Waals surface area (Å²) in [4.78, 5) is 4.64. The predicted octanol–water partition coefficient (Wildman–Crippen LogP) is 3.79. The molecular formula is C20H23F3N4O. The number of hydrogen-bond acceptors (Lipinski definition) is 5. The molecule has 150 valence electrons. The van der Waals surface area contributed by atoms with Gasteiger partial charge in [-0.15, -0.1) is 10.2 Å². The first-order chi connectivity index (χ1) is 13.4. The van der Waals surface area contributed by atoms with Gasteiger partial charge in [-0.25, -0.2) is 0 Å². The van der Waals surface area contributed by atoms with Gasteiger partial charge in [-0.1, -0.05) is 13.0 Å². The summed E-state index contributed by atoms with van der Waals surface area (Å²) < 4.78 is 40.0. The van der Waals surface area contributed by atoms with Crippen molar-refractivity contribution in [3.63, 3.8) is 0 Å². The molecule has 0 bridgehead atoms. The molecule has 0 aliphatic carbocycles. The molecule has 2 aromatic rings. The second-order valence-corrected chi connectivity index (χ2v) is 7.47. The van der Waals surface area contributed by atoms with Crippen LogP contribution in [0.5, 0.6) is 5.75 Å². The lowest BCUT2D eigenvalue weighted by molar-refractivity contribution is -0.137. The maximum absolute atomic E-state index is 13.3. The molecule has 0 spiro atoms. The van der Waals surface area contributed by atoms with Crippen molar-refractivity contribution in [2.24, 2.45) is 5.92 Å². The summed E-state index contributed by atoms with van der Waals surface area (Å²) in [7, 11) is 0. The molecular weight excluding hydrogens is 369 g/mol. The van der Waals surface area contributed by atoms with E-state index in [9.17, 15) is 18.3 Å². The quantitative estimate of drug-likeness (QED) is 0.861. The Bertz CT molecular complexity index is 840. The molecule has 0 radical (unpaired) electrons. The van der Waals surface area contributed by atoms with Gasteiger partial charge in [-0.05, 0) is 56.1 Å². The highest BCUT2D eigenvalue weighted by Gasteiger charge is 2.39. The lowest BCUT2D eigenvalue weighted by Gasteiger charge is -2.38. The van der Waals surface area contributed by atoms with Crippen LogP contribution in [0.4, 0.5) is 19.0 Å². The Kier molecular flexibility index (Phi) is 4.91. The third-order valence-corrected chi connectivity index (χ3v) is 5.94.